The van der Waals surface area contributed by atoms with Gasteiger partial charge in [-0.3, -0.25) is 14.5 Å². The Morgan fingerprint density at radius 1 is 1.12 bits per heavy atom. The molecule has 0 spiro atoms. The summed E-state index contributed by atoms with van der Waals surface area (Å²) in [4.78, 5) is 25.4. The van der Waals surface area contributed by atoms with E-state index in [2.05, 4.69) is 5.32 Å². The van der Waals surface area contributed by atoms with Crippen molar-refractivity contribution in [2.75, 3.05) is 11.9 Å². The summed E-state index contributed by atoms with van der Waals surface area (Å²) in [7, 11) is 0. The van der Waals surface area contributed by atoms with Crippen molar-refractivity contribution in [3.8, 4) is 0 Å². The molecular formula is C19H19F2N3O2. The highest BCUT2D eigenvalue weighted by Gasteiger charge is 2.30. The number of carbonyl (C=O) groups excluding carboxylic acids is 2. The molecule has 0 aromatic heterocycles. The van der Waals surface area contributed by atoms with Crippen LogP contribution in [0.5, 0.6) is 0 Å². The first-order chi connectivity index (χ1) is 12.4. The van der Waals surface area contributed by atoms with E-state index in [1.807, 2.05) is 4.90 Å². The topological polar surface area (TPSA) is 75.4 Å². The lowest BCUT2D eigenvalue weighted by Gasteiger charge is -2.21. The first kappa shape index (κ1) is 18.0. The SMILES string of the molecule is NC(=O)c1ccc(CN(CC(=O)Nc2cc(F)ccc2F)C2CC2)cc1. The van der Waals surface area contributed by atoms with Crippen LogP contribution in [0.15, 0.2) is 42.5 Å². The lowest BCUT2D eigenvalue weighted by Crippen LogP contribution is -2.34. The third-order valence-electron chi connectivity index (χ3n) is 4.24. The molecule has 26 heavy (non-hydrogen) atoms. The number of anilines is 1. The number of halogens is 2. The average molecular weight is 359 g/mol. The van der Waals surface area contributed by atoms with Crippen molar-refractivity contribution >= 4 is 17.5 Å². The number of benzene rings is 2. The molecule has 3 N–H and O–H groups in total. The third kappa shape index (κ3) is 4.64. The van der Waals surface area contributed by atoms with E-state index in [1.54, 1.807) is 24.3 Å². The Morgan fingerprint density at radius 2 is 1.81 bits per heavy atom. The molecular weight excluding hydrogens is 340 g/mol. The largest absolute Gasteiger partial charge is 0.366 e. The van der Waals surface area contributed by atoms with Crippen LogP contribution in [0.25, 0.3) is 0 Å². The molecule has 2 amide bonds. The average Bonchev–Trinajstić information content (AvgIpc) is 3.43. The maximum atomic E-state index is 13.7. The van der Waals surface area contributed by atoms with Gasteiger partial charge in [-0.2, -0.15) is 0 Å². The van der Waals surface area contributed by atoms with E-state index in [9.17, 15) is 18.4 Å². The Balaban J connectivity index is 1.64. The molecule has 1 saturated carbocycles. The number of hydrogen-bond donors (Lipinski definition) is 2. The van der Waals surface area contributed by atoms with Crippen LogP contribution in [0.3, 0.4) is 0 Å². The molecule has 0 heterocycles. The van der Waals surface area contributed by atoms with Crippen LogP contribution >= 0.6 is 0 Å². The molecule has 3 rings (SSSR count). The Bertz CT molecular complexity index is 820. The molecule has 0 aliphatic heterocycles. The van der Waals surface area contributed by atoms with E-state index in [4.69, 9.17) is 5.73 Å². The lowest BCUT2D eigenvalue weighted by atomic mass is 10.1. The van der Waals surface area contributed by atoms with Crippen molar-refractivity contribution < 1.29 is 18.4 Å². The summed E-state index contributed by atoms with van der Waals surface area (Å²) in [5.41, 5.74) is 6.41. The molecule has 7 heteroatoms. The molecule has 2 aromatic carbocycles. The summed E-state index contributed by atoms with van der Waals surface area (Å²) in [6.45, 7) is 0.584. The minimum absolute atomic E-state index is 0.0676. The highest BCUT2D eigenvalue weighted by molar-refractivity contribution is 5.93. The van der Waals surface area contributed by atoms with Crippen molar-refractivity contribution in [2.45, 2.75) is 25.4 Å². The number of amides is 2. The van der Waals surface area contributed by atoms with Gasteiger partial charge in [-0.25, -0.2) is 8.78 Å². The molecule has 5 nitrogen and oxygen atoms in total. The van der Waals surface area contributed by atoms with E-state index in [-0.39, 0.29) is 18.3 Å². The summed E-state index contributed by atoms with van der Waals surface area (Å²) >= 11 is 0. The number of hydrogen-bond acceptors (Lipinski definition) is 3. The number of primary amides is 1. The van der Waals surface area contributed by atoms with Crippen LogP contribution < -0.4 is 11.1 Å². The van der Waals surface area contributed by atoms with E-state index in [0.29, 0.717) is 12.1 Å². The number of carbonyl (C=O) groups is 2. The Hall–Kier alpha value is -2.80. The minimum atomic E-state index is -0.681. The van der Waals surface area contributed by atoms with Crippen molar-refractivity contribution in [1.29, 1.82) is 0 Å². The Kier molecular flexibility index (Phi) is 5.27. The summed E-state index contributed by atoms with van der Waals surface area (Å²) in [5, 5.41) is 2.42. The molecule has 0 radical (unpaired) electrons. The molecule has 0 bridgehead atoms. The molecule has 1 aliphatic rings. The summed E-state index contributed by atoms with van der Waals surface area (Å²) in [5.74, 6) is -2.20. The van der Waals surface area contributed by atoms with Crippen LogP contribution in [-0.4, -0.2) is 29.3 Å². The Morgan fingerprint density at radius 3 is 2.42 bits per heavy atom. The van der Waals surface area contributed by atoms with Gasteiger partial charge in [0, 0.05) is 24.2 Å². The lowest BCUT2D eigenvalue weighted by molar-refractivity contribution is -0.117. The fraction of sp³-hybridized carbons (Fsp3) is 0.263. The van der Waals surface area contributed by atoms with Gasteiger partial charge in [-0.1, -0.05) is 12.1 Å². The van der Waals surface area contributed by atoms with E-state index >= 15 is 0 Å². The van der Waals surface area contributed by atoms with Crippen molar-refractivity contribution in [2.24, 2.45) is 5.73 Å². The van der Waals surface area contributed by atoms with Crippen LogP contribution in [0.2, 0.25) is 0 Å². The van der Waals surface area contributed by atoms with Gasteiger partial charge in [0.15, 0.2) is 0 Å². The molecule has 1 aliphatic carbocycles. The smallest absolute Gasteiger partial charge is 0.248 e. The van der Waals surface area contributed by atoms with Crippen LogP contribution in [-0.2, 0) is 11.3 Å². The van der Waals surface area contributed by atoms with Gasteiger partial charge in [0.1, 0.15) is 11.6 Å². The summed E-state index contributed by atoms with van der Waals surface area (Å²) in [6, 6.07) is 10.1. The predicted octanol–water partition coefficient (Wildman–Crippen LogP) is 2.67. The van der Waals surface area contributed by atoms with Crippen molar-refractivity contribution in [3.63, 3.8) is 0 Å². The number of nitrogens with two attached hydrogens (primary N) is 1. The van der Waals surface area contributed by atoms with Crippen LogP contribution in [0.4, 0.5) is 14.5 Å². The standard InChI is InChI=1S/C19H19F2N3O2/c20-14-5-8-16(21)17(9-14)23-18(25)11-24(15-6-7-15)10-12-1-3-13(4-2-12)19(22)26/h1-5,8-9,15H,6-7,10-11H2,(H2,22,26)(H,23,25). The van der Waals surface area contributed by atoms with E-state index < -0.39 is 23.4 Å². The number of nitrogens with zero attached hydrogens (tertiary/aromatic N) is 1. The monoisotopic (exact) mass is 359 g/mol. The second kappa shape index (κ2) is 7.61. The third-order valence-corrected chi connectivity index (χ3v) is 4.24. The summed E-state index contributed by atoms with van der Waals surface area (Å²) in [6.07, 6.45) is 1.97. The van der Waals surface area contributed by atoms with Crippen molar-refractivity contribution in [3.05, 3.63) is 65.2 Å². The fourth-order valence-electron chi connectivity index (χ4n) is 2.73. The predicted molar refractivity (Wildman–Crippen MR) is 93.4 cm³/mol. The van der Waals surface area contributed by atoms with Gasteiger partial charge in [0.2, 0.25) is 11.8 Å². The van der Waals surface area contributed by atoms with Gasteiger partial charge in [0.05, 0.1) is 12.2 Å². The molecule has 0 saturated heterocycles. The van der Waals surface area contributed by atoms with Crippen LogP contribution in [0, 0.1) is 11.6 Å². The number of nitrogens with one attached hydrogen (secondary N) is 1. The maximum Gasteiger partial charge on any atom is 0.248 e. The van der Waals surface area contributed by atoms with E-state index in [1.165, 1.54) is 0 Å². The zero-order chi connectivity index (χ0) is 18.7. The zero-order valence-electron chi connectivity index (χ0n) is 14.0. The molecule has 2 aromatic rings. The van der Waals surface area contributed by atoms with Gasteiger partial charge >= 0.3 is 0 Å². The highest BCUT2D eigenvalue weighted by atomic mass is 19.1. The molecule has 1 fully saturated rings. The molecule has 0 atom stereocenters. The first-order valence-electron chi connectivity index (χ1n) is 8.30. The highest BCUT2D eigenvalue weighted by Crippen LogP contribution is 2.28. The van der Waals surface area contributed by atoms with Gasteiger partial charge in [-0.15, -0.1) is 0 Å². The van der Waals surface area contributed by atoms with Crippen LogP contribution in [0.1, 0.15) is 28.8 Å². The normalized spacial score (nSPS) is 13.7. The second-order valence-electron chi connectivity index (χ2n) is 6.37. The second-order valence-corrected chi connectivity index (χ2v) is 6.37. The first-order valence-corrected chi connectivity index (χ1v) is 8.30. The Labute approximate surface area is 149 Å². The quantitative estimate of drug-likeness (QED) is 0.798. The van der Waals surface area contributed by atoms with Gasteiger partial charge < -0.3 is 11.1 Å². The van der Waals surface area contributed by atoms with Gasteiger partial charge in [0.25, 0.3) is 0 Å². The number of rotatable bonds is 7. The molecule has 0 unspecified atom stereocenters. The van der Waals surface area contributed by atoms with Gasteiger partial charge in [-0.05, 0) is 42.7 Å². The molecule has 136 valence electrons. The van der Waals surface area contributed by atoms with E-state index in [0.717, 1.165) is 36.6 Å². The minimum Gasteiger partial charge on any atom is -0.366 e. The fourth-order valence-corrected chi connectivity index (χ4v) is 2.73. The van der Waals surface area contributed by atoms with Crippen molar-refractivity contribution in [1.82, 2.24) is 4.90 Å². The maximum absolute atomic E-state index is 13.7. The zero-order valence-corrected chi connectivity index (χ0v) is 14.0. The summed E-state index contributed by atoms with van der Waals surface area (Å²) < 4.78 is 26.9.